The molecule has 0 aromatic heterocycles. The Morgan fingerprint density at radius 2 is 2.00 bits per heavy atom. The zero-order valence-electron chi connectivity index (χ0n) is 7.12. The molecule has 1 N–H and O–H groups in total. The number of carbonyl (C=O) groups is 1. The summed E-state index contributed by atoms with van der Waals surface area (Å²) < 4.78 is 10.9. The Morgan fingerprint density at radius 3 is 2.64 bits per heavy atom. The third-order valence-corrected chi connectivity index (χ3v) is 2.50. The Morgan fingerprint density at radius 1 is 1.36 bits per heavy atom. The van der Waals surface area contributed by atoms with Gasteiger partial charge in [-0.2, -0.15) is 0 Å². The molecule has 1 aliphatic rings. The van der Waals surface area contributed by atoms with Gasteiger partial charge in [0.2, 0.25) is 5.75 Å². The van der Waals surface area contributed by atoms with Crippen LogP contribution in [0.15, 0.2) is 10.5 Å². The minimum Gasteiger partial charge on any atom is -0.503 e. The molecule has 1 aromatic rings. The number of hydrogen-bond donors (Lipinski definition) is 1. The van der Waals surface area contributed by atoms with Gasteiger partial charge in [0.1, 0.15) is 13.2 Å². The van der Waals surface area contributed by atoms with Gasteiger partial charge in [-0.1, -0.05) is 0 Å². The molecule has 0 spiro atoms. The van der Waals surface area contributed by atoms with Gasteiger partial charge in [0.15, 0.2) is 17.8 Å². The normalized spacial score (nSPS) is 13.8. The molecular weight excluding hydrogens is 252 g/mol. The van der Waals surface area contributed by atoms with Crippen LogP contribution >= 0.6 is 15.9 Å². The van der Waals surface area contributed by atoms with Gasteiger partial charge in [0, 0.05) is 0 Å². The summed E-state index contributed by atoms with van der Waals surface area (Å²) in [4.78, 5) is 10.7. The Kier molecular flexibility index (Phi) is 2.33. The average Bonchev–Trinajstić information content (AvgIpc) is 2.23. The number of carbonyl (C=O) groups excluding carboxylic acids is 1. The number of aldehydes is 1. The van der Waals surface area contributed by atoms with Crippen molar-refractivity contribution >= 4 is 22.2 Å². The first-order valence-corrected chi connectivity index (χ1v) is 4.79. The number of phenols is 1. The molecule has 5 heteroatoms. The first-order valence-electron chi connectivity index (χ1n) is 4.00. The zero-order valence-corrected chi connectivity index (χ0v) is 8.70. The van der Waals surface area contributed by atoms with E-state index in [2.05, 4.69) is 15.9 Å². The maximum absolute atomic E-state index is 10.7. The van der Waals surface area contributed by atoms with Crippen molar-refractivity contribution in [2.45, 2.75) is 0 Å². The number of aromatic hydroxyl groups is 1. The van der Waals surface area contributed by atoms with E-state index in [1.165, 1.54) is 6.07 Å². The number of phenolic OH excluding ortho intramolecular Hbond substituents is 1. The summed E-state index contributed by atoms with van der Waals surface area (Å²) in [7, 11) is 0. The molecule has 1 aromatic carbocycles. The van der Waals surface area contributed by atoms with E-state index >= 15 is 0 Å². The van der Waals surface area contributed by atoms with Gasteiger partial charge in [0.25, 0.3) is 0 Å². The fraction of sp³-hybridized carbons (Fsp3) is 0.222. The number of rotatable bonds is 1. The molecule has 1 aliphatic heterocycles. The monoisotopic (exact) mass is 258 g/mol. The van der Waals surface area contributed by atoms with E-state index in [1.807, 2.05) is 0 Å². The maximum Gasteiger partial charge on any atom is 0.205 e. The second-order valence-corrected chi connectivity index (χ2v) is 3.62. The molecule has 1 heterocycles. The molecule has 0 amide bonds. The third kappa shape index (κ3) is 1.33. The van der Waals surface area contributed by atoms with Crippen LogP contribution in [-0.2, 0) is 0 Å². The van der Waals surface area contributed by atoms with Gasteiger partial charge < -0.3 is 14.6 Å². The summed E-state index contributed by atoms with van der Waals surface area (Å²) in [6, 6.07) is 1.50. The highest BCUT2D eigenvalue weighted by Gasteiger charge is 2.22. The summed E-state index contributed by atoms with van der Waals surface area (Å²) in [5.41, 5.74) is 0.365. The predicted octanol–water partition coefficient (Wildman–Crippen LogP) is 1.74. The smallest absolute Gasteiger partial charge is 0.205 e. The molecule has 0 saturated heterocycles. The van der Waals surface area contributed by atoms with Gasteiger partial charge in [-0.25, -0.2) is 0 Å². The van der Waals surface area contributed by atoms with Crippen molar-refractivity contribution in [2.24, 2.45) is 0 Å². The molecule has 0 saturated carbocycles. The van der Waals surface area contributed by atoms with Gasteiger partial charge in [0.05, 0.1) is 10.0 Å². The summed E-state index contributed by atoms with van der Waals surface area (Å²) in [5, 5.41) is 9.60. The number of fused-ring (bicyclic) bond motifs is 1. The molecule has 0 atom stereocenters. The van der Waals surface area contributed by atoms with Gasteiger partial charge in [-0.3, -0.25) is 4.79 Å². The van der Waals surface area contributed by atoms with Gasteiger partial charge in [-0.15, -0.1) is 0 Å². The average molecular weight is 259 g/mol. The summed E-state index contributed by atoms with van der Waals surface area (Å²) >= 11 is 3.12. The summed E-state index contributed by atoms with van der Waals surface area (Å²) in [6.45, 7) is 0.754. The molecule has 0 fully saturated rings. The largest absolute Gasteiger partial charge is 0.503 e. The van der Waals surface area contributed by atoms with Crippen LogP contribution in [-0.4, -0.2) is 24.6 Å². The maximum atomic E-state index is 10.7. The Bertz CT molecular complexity index is 389. The molecular formula is C9H7BrO4. The van der Waals surface area contributed by atoms with Crippen LogP contribution < -0.4 is 9.47 Å². The predicted molar refractivity (Wildman–Crippen MR) is 52.2 cm³/mol. The van der Waals surface area contributed by atoms with E-state index in [4.69, 9.17) is 9.47 Å². The van der Waals surface area contributed by atoms with Gasteiger partial charge >= 0.3 is 0 Å². The van der Waals surface area contributed by atoms with Crippen molar-refractivity contribution in [3.05, 3.63) is 16.1 Å². The fourth-order valence-corrected chi connectivity index (χ4v) is 1.70. The number of benzene rings is 1. The van der Waals surface area contributed by atoms with Gasteiger partial charge in [-0.05, 0) is 22.0 Å². The highest BCUT2D eigenvalue weighted by atomic mass is 79.9. The van der Waals surface area contributed by atoms with Crippen molar-refractivity contribution < 1.29 is 19.4 Å². The molecule has 0 aliphatic carbocycles. The van der Waals surface area contributed by atoms with E-state index in [0.717, 1.165) is 0 Å². The molecule has 14 heavy (non-hydrogen) atoms. The van der Waals surface area contributed by atoms with Crippen molar-refractivity contribution in [3.63, 3.8) is 0 Å². The van der Waals surface area contributed by atoms with Crippen molar-refractivity contribution in [3.8, 4) is 17.2 Å². The lowest BCUT2D eigenvalue weighted by molar-refractivity contribution is 0.111. The molecule has 2 rings (SSSR count). The molecule has 4 nitrogen and oxygen atoms in total. The van der Waals surface area contributed by atoms with Crippen molar-refractivity contribution in [1.29, 1.82) is 0 Å². The van der Waals surface area contributed by atoms with Crippen LogP contribution in [0.3, 0.4) is 0 Å². The second kappa shape index (κ2) is 3.49. The van der Waals surface area contributed by atoms with E-state index in [9.17, 15) is 9.90 Å². The first kappa shape index (κ1) is 9.33. The summed E-state index contributed by atoms with van der Waals surface area (Å²) in [5.74, 6) is 0.505. The lowest BCUT2D eigenvalue weighted by atomic mass is 10.2. The SMILES string of the molecule is O=Cc1cc(Br)c(O)c2c1OCCO2. The van der Waals surface area contributed by atoms with E-state index in [-0.39, 0.29) is 11.5 Å². The van der Waals surface area contributed by atoms with E-state index in [1.54, 1.807) is 0 Å². The Balaban J connectivity index is 2.66. The fourth-order valence-electron chi connectivity index (χ4n) is 1.28. The molecule has 0 unspecified atom stereocenters. The summed E-state index contributed by atoms with van der Waals surface area (Å²) in [6.07, 6.45) is 0.664. The van der Waals surface area contributed by atoms with Crippen LogP contribution in [0, 0.1) is 0 Å². The van der Waals surface area contributed by atoms with E-state index in [0.29, 0.717) is 35.3 Å². The zero-order chi connectivity index (χ0) is 10.1. The molecule has 0 radical (unpaired) electrons. The van der Waals surface area contributed by atoms with Crippen LogP contribution in [0.25, 0.3) is 0 Å². The lowest BCUT2D eigenvalue weighted by Crippen LogP contribution is -2.16. The quantitative estimate of drug-likeness (QED) is 0.780. The highest BCUT2D eigenvalue weighted by Crippen LogP contribution is 2.45. The Labute approximate surface area is 88.6 Å². The molecule has 74 valence electrons. The van der Waals surface area contributed by atoms with Crippen LogP contribution in [0.2, 0.25) is 0 Å². The number of hydrogen-bond acceptors (Lipinski definition) is 4. The lowest BCUT2D eigenvalue weighted by Gasteiger charge is -2.20. The molecule has 0 bridgehead atoms. The number of halogens is 1. The first-order chi connectivity index (χ1) is 6.74. The Hall–Kier alpha value is -1.23. The third-order valence-electron chi connectivity index (χ3n) is 1.90. The number of ether oxygens (including phenoxy) is 2. The van der Waals surface area contributed by atoms with Crippen molar-refractivity contribution in [2.75, 3.05) is 13.2 Å². The second-order valence-electron chi connectivity index (χ2n) is 2.77. The van der Waals surface area contributed by atoms with Crippen LogP contribution in [0.1, 0.15) is 10.4 Å². The van der Waals surface area contributed by atoms with Crippen LogP contribution in [0.4, 0.5) is 0 Å². The topological polar surface area (TPSA) is 55.8 Å². The minimum absolute atomic E-state index is 0.0368. The standard InChI is InChI=1S/C9H7BrO4/c10-6-3-5(4-11)8-9(7(6)12)14-2-1-13-8/h3-4,12H,1-2H2. The van der Waals surface area contributed by atoms with Crippen LogP contribution in [0.5, 0.6) is 17.2 Å². The van der Waals surface area contributed by atoms with E-state index < -0.39 is 0 Å². The highest BCUT2D eigenvalue weighted by molar-refractivity contribution is 9.10. The minimum atomic E-state index is -0.0368. The van der Waals surface area contributed by atoms with Crippen molar-refractivity contribution in [1.82, 2.24) is 0 Å².